The number of nitrogens with zero attached hydrogens (tertiary/aromatic N) is 1. The van der Waals surface area contributed by atoms with Crippen LogP contribution < -0.4 is 0 Å². The quantitative estimate of drug-likeness (QED) is 0.748. The first-order valence-electron chi connectivity index (χ1n) is 7.35. The maximum absolute atomic E-state index is 10.9. The van der Waals surface area contributed by atoms with Crippen molar-refractivity contribution < 1.29 is 15.0 Å². The second kappa shape index (κ2) is 6.52. The highest BCUT2D eigenvalue weighted by Gasteiger charge is 2.29. The molecule has 0 spiro atoms. The predicted octanol–water partition coefficient (Wildman–Crippen LogP) is 3.76. The number of amides is 1. The van der Waals surface area contributed by atoms with Crippen LogP contribution in [0, 0.1) is 0 Å². The molecule has 1 aromatic heterocycles. The van der Waals surface area contributed by atoms with Crippen LogP contribution in [0.1, 0.15) is 38.2 Å². The number of aromatic hydroxyl groups is 1. The number of nitrogens with one attached hydrogen (secondary N) is 1. The Labute approximate surface area is 124 Å². The molecule has 21 heavy (non-hydrogen) atoms. The molecule has 1 amide bonds. The Balaban J connectivity index is 0.000000497. The average Bonchev–Trinajstić information content (AvgIpc) is 3.06. The summed E-state index contributed by atoms with van der Waals surface area (Å²) in [6.07, 6.45) is 3.05. The van der Waals surface area contributed by atoms with Crippen molar-refractivity contribution in [3.05, 3.63) is 30.0 Å². The SMILES string of the molecule is CCC.O=C(O)N1CCC(c2c[nH]c3cccc(O)c23)C1. The average molecular weight is 290 g/mol. The third-order valence-electron chi connectivity index (χ3n) is 3.61. The molecule has 114 valence electrons. The third-order valence-corrected chi connectivity index (χ3v) is 3.61. The number of carboxylic acid groups (broad SMARTS) is 1. The lowest BCUT2D eigenvalue weighted by molar-refractivity contribution is 0.155. The molecule has 1 aromatic carbocycles. The van der Waals surface area contributed by atoms with E-state index in [2.05, 4.69) is 18.8 Å². The van der Waals surface area contributed by atoms with Gasteiger partial charge in [-0.15, -0.1) is 0 Å². The van der Waals surface area contributed by atoms with Gasteiger partial charge in [0.15, 0.2) is 0 Å². The summed E-state index contributed by atoms with van der Waals surface area (Å²) in [5.41, 5.74) is 1.89. The van der Waals surface area contributed by atoms with Crippen LogP contribution in [-0.2, 0) is 0 Å². The molecule has 1 atom stereocenters. The van der Waals surface area contributed by atoms with Gasteiger partial charge in [0.05, 0.1) is 0 Å². The van der Waals surface area contributed by atoms with Gasteiger partial charge in [0.25, 0.3) is 0 Å². The second-order valence-electron chi connectivity index (χ2n) is 5.37. The molecule has 1 aliphatic rings. The van der Waals surface area contributed by atoms with Crippen molar-refractivity contribution in [2.75, 3.05) is 13.1 Å². The van der Waals surface area contributed by atoms with Crippen molar-refractivity contribution >= 4 is 17.0 Å². The monoisotopic (exact) mass is 290 g/mol. The molecule has 5 nitrogen and oxygen atoms in total. The largest absolute Gasteiger partial charge is 0.507 e. The van der Waals surface area contributed by atoms with E-state index in [0.717, 1.165) is 22.9 Å². The molecule has 0 aliphatic carbocycles. The van der Waals surface area contributed by atoms with E-state index in [1.54, 1.807) is 12.1 Å². The number of likely N-dealkylation sites (tertiary alicyclic amines) is 1. The number of aromatic amines is 1. The van der Waals surface area contributed by atoms with Gasteiger partial charge >= 0.3 is 6.09 Å². The minimum atomic E-state index is -0.874. The van der Waals surface area contributed by atoms with Crippen LogP contribution in [-0.4, -0.2) is 39.3 Å². The molecule has 2 aromatic rings. The number of aromatic nitrogens is 1. The van der Waals surface area contributed by atoms with Crippen LogP contribution in [0.25, 0.3) is 10.9 Å². The molecular formula is C16H22N2O3. The maximum Gasteiger partial charge on any atom is 0.407 e. The van der Waals surface area contributed by atoms with Crippen molar-refractivity contribution in [1.82, 2.24) is 9.88 Å². The van der Waals surface area contributed by atoms with Crippen molar-refractivity contribution in [3.63, 3.8) is 0 Å². The first kappa shape index (κ1) is 15.2. The molecule has 3 N–H and O–H groups in total. The molecule has 2 heterocycles. The van der Waals surface area contributed by atoms with Gasteiger partial charge in [0, 0.05) is 36.1 Å². The Hall–Kier alpha value is -2.17. The molecule has 5 heteroatoms. The Morgan fingerprint density at radius 3 is 2.76 bits per heavy atom. The van der Waals surface area contributed by atoms with E-state index < -0.39 is 6.09 Å². The number of phenolic OH excluding ortho intramolecular Hbond substituents is 1. The lowest BCUT2D eigenvalue weighted by Gasteiger charge is -2.12. The number of carbonyl (C=O) groups is 1. The van der Waals surface area contributed by atoms with Crippen LogP contribution in [0.3, 0.4) is 0 Å². The van der Waals surface area contributed by atoms with E-state index in [0.29, 0.717) is 13.1 Å². The molecule has 1 saturated heterocycles. The van der Waals surface area contributed by atoms with Gasteiger partial charge in [-0.2, -0.15) is 0 Å². The summed E-state index contributed by atoms with van der Waals surface area (Å²) in [6, 6.07) is 5.35. The van der Waals surface area contributed by atoms with Crippen molar-refractivity contribution in [2.24, 2.45) is 0 Å². The lowest BCUT2D eigenvalue weighted by Crippen LogP contribution is -2.26. The molecule has 1 fully saturated rings. The number of H-pyrrole nitrogens is 1. The highest BCUT2D eigenvalue weighted by Crippen LogP contribution is 2.36. The van der Waals surface area contributed by atoms with Crippen molar-refractivity contribution in [1.29, 1.82) is 0 Å². The Bertz CT molecular complexity index is 621. The topological polar surface area (TPSA) is 76.6 Å². The Morgan fingerprint density at radius 1 is 1.43 bits per heavy atom. The fraction of sp³-hybridized carbons (Fsp3) is 0.438. The summed E-state index contributed by atoms with van der Waals surface area (Å²) in [6.45, 7) is 5.30. The fourth-order valence-corrected chi connectivity index (χ4v) is 2.70. The van der Waals surface area contributed by atoms with Crippen LogP contribution in [0.4, 0.5) is 4.79 Å². The number of hydrogen-bond acceptors (Lipinski definition) is 2. The zero-order valence-corrected chi connectivity index (χ0v) is 12.5. The van der Waals surface area contributed by atoms with Crippen molar-refractivity contribution in [2.45, 2.75) is 32.6 Å². The predicted molar refractivity (Wildman–Crippen MR) is 82.9 cm³/mol. The zero-order valence-electron chi connectivity index (χ0n) is 12.5. The van der Waals surface area contributed by atoms with E-state index in [1.165, 1.54) is 11.3 Å². The fourth-order valence-electron chi connectivity index (χ4n) is 2.70. The smallest absolute Gasteiger partial charge is 0.407 e. The Kier molecular flexibility index (Phi) is 4.73. The van der Waals surface area contributed by atoms with Gasteiger partial charge in [-0.1, -0.05) is 26.3 Å². The second-order valence-corrected chi connectivity index (χ2v) is 5.37. The zero-order chi connectivity index (χ0) is 15.4. The van der Waals surface area contributed by atoms with Gasteiger partial charge in [-0.25, -0.2) is 4.79 Å². The minimum absolute atomic E-state index is 0.156. The molecule has 0 saturated carbocycles. The standard InChI is InChI=1S/C13H14N2O3.C3H8/c16-11-3-1-2-10-12(11)9(6-14-10)8-4-5-15(7-8)13(17)18;1-3-2/h1-3,6,8,14,16H,4-5,7H2,(H,17,18);3H2,1-2H3. The van der Waals surface area contributed by atoms with E-state index in [-0.39, 0.29) is 11.7 Å². The number of rotatable bonds is 1. The summed E-state index contributed by atoms with van der Waals surface area (Å²) in [4.78, 5) is 15.5. The maximum atomic E-state index is 10.9. The summed E-state index contributed by atoms with van der Waals surface area (Å²) in [7, 11) is 0. The lowest BCUT2D eigenvalue weighted by atomic mass is 9.97. The number of benzene rings is 1. The highest BCUT2D eigenvalue weighted by atomic mass is 16.4. The van der Waals surface area contributed by atoms with Crippen LogP contribution >= 0.6 is 0 Å². The van der Waals surface area contributed by atoms with Gasteiger partial charge in [-0.3, -0.25) is 0 Å². The first-order chi connectivity index (χ1) is 10.1. The summed E-state index contributed by atoms with van der Waals surface area (Å²) >= 11 is 0. The summed E-state index contributed by atoms with van der Waals surface area (Å²) in [5, 5.41) is 19.7. The summed E-state index contributed by atoms with van der Waals surface area (Å²) in [5.74, 6) is 0.403. The van der Waals surface area contributed by atoms with Crippen molar-refractivity contribution in [3.8, 4) is 5.75 Å². The van der Waals surface area contributed by atoms with E-state index in [9.17, 15) is 9.90 Å². The van der Waals surface area contributed by atoms with E-state index in [1.807, 2.05) is 12.3 Å². The van der Waals surface area contributed by atoms with E-state index >= 15 is 0 Å². The molecular weight excluding hydrogens is 268 g/mol. The van der Waals surface area contributed by atoms with Gasteiger partial charge in [0.1, 0.15) is 5.75 Å². The van der Waals surface area contributed by atoms with E-state index in [4.69, 9.17) is 5.11 Å². The molecule has 1 aliphatic heterocycles. The highest BCUT2D eigenvalue weighted by molar-refractivity contribution is 5.89. The molecule has 3 rings (SSSR count). The number of fused-ring (bicyclic) bond motifs is 1. The minimum Gasteiger partial charge on any atom is -0.507 e. The number of phenols is 1. The summed E-state index contributed by atoms with van der Waals surface area (Å²) < 4.78 is 0. The normalized spacial score (nSPS) is 17.6. The Morgan fingerprint density at radius 2 is 2.14 bits per heavy atom. The van der Waals surface area contributed by atoms with Crippen LogP contribution in [0.5, 0.6) is 5.75 Å². The van der Waals surface area contributed by atoms with Gasteiger partial charge in [0.2, 0.25) is 0 Å². The first-order valence-corrected chi connectivity index (χ1v) is 7.35. The van der Waals surface area contributed by atoms with Gasteiger partial charge in [-0.05, 0) is 24.1 Å². The molecule has 1 unspecified atom stereocenters. The third kappa shape index (κ3) is 3.12. The van der Waals surface area contributed by atoms with Crippen LogP contribution in [0.15, 0.2) is 24.4 Å². The molecule has 0 bridgehead atoms. The van der Waals surface area contributed by atoms with Gasteiger partial charge < -0.3 is 20.1 Å². The number of hydrogen-bond donors (Lipinski definition) is 3. The van der Waals surface area contributed by atoms with Crippen LogP contribution in [0.2, 0.25) is 0 Å². The molecule has 0 radical (unpaired) electrons.